The van der Waals surface area contributed by atoms with E-state index in [9.17, 15) is 0 Å². The monoisotopic (exact) mass is 352 g/mol. The van der Waals surface area contributed by atoms with Gasteiger partial charge in [-0.1, -0.05) is 40.0 Å². The number of nitrogens with zero attached hydrogens (tertiary/aromatic N) is 2. The fourth-order valence-corrected chi connectivity index (χ4v) is 3.64. The minimum atomic E-state index is 0.654. The third-order valence-corrected chi connectivity index (χ3v) is 5.54. The molecule has 0 saturated carbocycles. The fourth-order valence-electron chi connectivity index (χ4n) is 3.64. The Bertz CT molecular complexity index is 696. The van der Waals surface area contributed by atoms with Crippen LogP contribution < -0.4 is 4.74 Å². The molecule has 0 aliphatic heterocycles. The summed E-state index contributed by atoms with van der Waals surface area (Å²) in [5, 5.41) is 0. The van der Waals surface area contributed by atoms with E-state index in [1.165, 1.54) is 43.4 Å². The van der Waals surface area contributed by atoms with Crippen LogP contribution in [0.25, 0.3) is 11.4 Å². The molecule has 140 valence electrons. The van der Waals surface area contributed by atoms with E-state index in [0.29, 0.717) is 5.92 Å². The van der Waals surface area contributed by atoms with E-state index in [-0.39, 0.29) is 0 Å². The van der Waals surface area contributed by atoms with Gasteiger partial charge in [-0.25, -0.2) is 9.97 Å². The number of fused-ring (bicyclic) bond motifs is 1. The number of benzene rings is 1. The van der Waals surface area contributed by atoms with Crippen molar-refractivity contribution in [1.29, 1.82) is 0 Å². The summed E-state index contributed by atoms with van der Waals surface area (Å²) >= 11 is 0. The van der Waals surface area contributed by atoms with Gasteiger partial charge in [-0.3, -0.25) is 0 Å². The van der Waals surface area contributed by atoms with Gasteiger partial charge in [0.05, 0.1) is 6.61 Å². The molecule has 2 aromatic rings. The van der Waals surface area contributed by atoms with Crippen LogP contribution in [0.1, 0.15) is 64.1 Å². The Morgan fingerprint density at radius 3 is 2.73 bits per heavy atom. The Kier molecular flexibility index (Phi) is 6.65. The molecule has 1 heterocycles. The molecule has 0 amide bonds. The van der Waals surface area contributed by atoms with Crippen molar-refractivity contribution in [3.63, 3.8) is 0 Å². The van der Waals surface area contributed by atoms with Crippen LogP contribution in [-0.4, -0.2) is 16.6 Å². The number of hydrogen-bond donors (Lipinski definition) is 0. The maximum absolute atomic E-state index is 6.01. The van der Waals surface area contributed by atoms with Gasteiger partial charge in [0.25, 0.3) is 0 Å². The molecule has 1 aliphatic carbocycles. The summed E-state index contributed by atoms with van der Waals surface area (Å²) in [7, 11) is 0. The first kappa shape index (κ1) is 18.9. The van der Waals surface area contributed by atoms with Crippen molar-refractivity contribution >= 4 is 0 Å². The van der Waals surface area contributed by atoms with Gasteiger partial charge in [0.1, 0.15) is 5.75 Å². The Balaban J connectivity index is 1.62. The molecule has 3 rings (SSSR count). The van der Waals surface area contributed by atoms with Crippen LogP contribution in [0, 0.1) is 11.8 Å². The normalized spacial score (nSPS) is 17.6. The molecule has 0 spiro atoms. The topological polar surface area (TPSA) is 35.0 Å². The Hall–Kier alpha value is -1.90. The number of rotatable bonds is 8. The molecule has 2 unspecified atom stereocenters. The number of unbranched alkanes of at least 4 members (excludes halogenated alkanes) is 1. The van der Waals surface area contributed by atoms with E-state index in [2.05, 4.69) is 37.9 Å². The molecular formula is C23H32N2O. The lowest BCUT2D eigenvalue weighted by Crippen LogP contribution is -2.14. The summed E-state index contributed by atoms with van der Waals surface area (Å²) in [6.07, 6.45) is 10.4. The van der Waals surface area contributed by atoms with Crippen LogP contribution in [0.3, 0.4) is 0 Å². The van der Waals surface area contributed by atoms with Crippen LogP contribution in [0.15, 0.2) is 30.5 Å². The minimum Gasteiger partial charge on any atom is -0.493 e. The number of aryl methyl sites for hydroxylation is 1. The molecule has 1 aliphatic rings. The molecule has 0 N–H and O–H groups in total. The second-order valence-electron chi connectivity index (χ2n) is 7.77. The Morgan fingerprint density at radius 1 is 1.19 bits per heavy atom. The van der Waals surface area contributed by atoms with E-state index in [1.54, 1.807) is 0 Å². The lowest BCUT2D eigenvalue weighted by atomic mass is 9.89. The van der Waals surface area contributed by atoms with Gasteiger partial charge in [-0.2, -0.15) is 0 Å². The second kappa shape index (κ2) is 9.16. The highest BCUT2D eigenvalue weighted by Crippen LogP contribution is 2.26. The lowest BCUT2D eigenvalue weighted by molar-refractivity contribution is 0.233. The van der Waals surface area contributed by atoms with Gasteiger partial charge in [-0.15, -0.1) is 0 Å². The van der Waals surface area contributed by atoms with Gasteiger partial charge in [0, 0.05) is 17.5 Å². The zero-order chi connectivity index (χ0) is 18.4. The van der Waals surface area contributed by atoms with E-state index in [4.69, 9.17) is 9.72 Å². The molecule has 2 atom stereocenters. The summed E-state index contributed by atoms with van der Waals surface area (Å²) in [4.78, 5) is 9.41. The van der Waals surface area contributed by atoms with Crippen LogP contribution >= 0.6 is 0 Å². The highest BCUT2D eigenvalue weighted by Gasteiger charge is 2.17. The van der Waals surface area contributed by atoms with Gasteiger partial charge >= 0.3 is 0 Å². The highest BCUT2D eigenvalue weighted by atomic mass is 16.5. The second-order valence-corrected chi connectivity index (χ2v) is 7.77. The largest absolute Gasteiger partial charge is 0.493 e. The quantitative estimate of drug-likeness (QED) is 0.596. The first-order valence-electron chi connectivity index (χ1n) is 10.3. The molecule has 3 heteroatoms. The summed E-state index contributed by atoms with van der Waals surface area (Å²) in [6.45, 7) is 7.61. The predicted molar refractivity (Wildman–Crippen MR) is 107 cm³/mol. The number of hydrogen-bond acceptors (Lipinski definition) is 3. The molecular weight excluding hydrogens is 320 g/mol. The summed E-state index contributed by atoms with van der Waals surface area (Å²) in [5.74, 6) is 3.17. The highest BCUT2D eigenvalue weighted by molar-refractivity contribution is 5.56. The van der Waals surface area contributed by atoms with Crippen LogP contribution in [0.5, 0.6) is 5.75 Å². The maximum atomic E-state index is 6.01. The standard InChI is InChI=1S/C23H32N2O/c1-4-6-7-18(5-2)16-26-21-11-9-19(10-12-21)23-24-15-20-14-17(3)8-13-22(20)25-23/h9-12,15,17-18H,4-8,13-14,16H2,1-3H3. The average Bonchev–Trinajstić information content (AvgIpc) is 2.68. The predicted octanol–water partition coefficient (Wildman–Crippen LogP) is 5.86. The van der Waals surface area contributed by atoms with E-state index in [0.717, 1.165) is 42.5 Å². The van der Waals surface area contributed by atoms with Crippen molar-refractivity contribution in [2.75, 3.05) is 6.61 Å². The van der Waals surface area contributed by atoms with Crippen LogP contribution in [0.4, 0.5) is 0 Å². The summed E-state index contributed by atoms with van der Waals surface area (Å²) in [5.41, 5.74) is 3.62. The smallest absolute Gasteiger partial charge is 0.159 e. The van der Waals surface area contributed by atoms with E-state index in [1.807, 2.05) is 18.3 Å². The zero-order valence-corrected chi connectivity index (χ0v) is 16.5. The maximum Gasteiger partial charge on any atom is 0.159 e. The molecule has 1 aromatic carbocycles. The van der Waals surface area contributed by atoms with Crippen LogP contribution in [-0.2, 0) is 12.8 Å². The number of ether oxygens (including phenoxy) is 1. The third kappa shape index (κ3) is 4.84. The molecule has 0 bridgehead atoms. The Labute approximate surface area is 158 Å². The molecule has 1 aromatic heterocycles. The third-order valence-electron chi connectivity index (χ3n) is 5.54. The SMILES string of the molecule is CCCCC(CC)COc1ccc(-c2ncc3c(n2)CCC(C)C3)cc1. The average molecular weight is 353 g/mol. The van der Waals surface area contributed by atoms with Gasteiger partial charge in [0.2, 0.25) is 0 Å². The molecule has 0 fully saturated rings. The molecule has 3 nitrogen and oxygen atoms in total. The van der Waals surface area contributed by atoms with Gasteiger partial charge < -0.3 is 4.74 Å². The van der Waals surface area contributed by atoms with Gasteiger partial charge in [-0.05, 0) is 67.3 Å². The molecule has 26 heavy (non-hydrogen) atoms. The minimum absolute atomic E-state index is 0.654. The van der Waals surface area contributed by atoms with Gasteiger partial charge in [0.15, 0.2) is 5.82 Å². The van der Waals surface area contributed by atoms with Crippen molar-refractivity contribution in [2.24, 2.45) is 11.8 Å². The van der Waals surface area contributed by atoms with Crippen LogP contribution in [0.2, 0.25) is 0 Å². The van der Waals surface area contributed by atoms with Crippen molar-refractivity contribution in [3.05, 3.63) is 41.7 Å². The first-order valence-corrected chi connectivity index (χ1v) is 10.3. The number of aromatic nitrogens is 2. The fraction of sp³-hybridized carbons (Fsp3) is 0.565. The van der Waals surface area contributed by atoms with Crippen molar-refractivity contribution in [2.45, 2.75) is 65.7 Å². The Morgan fingerprint density at radius 2 is 2.00 bits per heavy atom. The van der Waals surface area contributed by atoms with E-state index < -0.39 is 0 Å². The van der Waals surface area contributed by atoms with Crippen molar-refractivity contribution < 1.29 is 4.74 Å². The van der Waals surface area contributed by atoms with Crippen molar-refractivity contribution in [1.82, 2.24) is 9.97 Å². The first-order chi connectivity index (χ1) is 12.7. The van der Waals surface area contributed by atoms with E-state index >= 15 is 0 Å². The van der Waals surface area contributed by atoms with Crippen molar-refractivity contribution in [3.8, 4) is 17.1 Å². The summed E-state index contributed by atoms with van der Waals surface area (Å²) in [6, 6.07) is 8.25. The lowest BCUT2D eigenvalue weighted by Gasteiger charge is -2.20. The molecule has 0 radical (unpaired) electrons. The summed E-state index contributed by atoms with van der Waals surface area (Å²) < 4.78 is 6.01. The zero-order valence-electron chi connectivity index (χ0n) is 16.5. The molecule has 0 saturated heterocycles.